The highest BCUT2D eigenvalue weighted by atomic mass is 32.2. The minimum absolute atomic E-state index is 0.0714. The van der Waals surface area contributed by atoms with Gasteiger partial charge in [-0.15, -0.1) is 0 Å². The van der Waals surface area contributed by atoms with Crippen molar-refractivity contribution in [3.05, 3.63) is 65.2 Å². The molecule has 7 nitrogen and oxygen atoms in total. The van der Waals surface area contributed by atoms with Crippen LogP contribution in [0.4, 0.5) is 0 Å². The standard InChI is InChI=1S/C22H28N2O5S2/c1-17(19-10-12-21(13-11-19)30(2,26)27)23-22(25)20-8-6-18(7-9-20)16-31(28,29)24-14-4-3-5-15-24/h6-13,17H,3-5,14-16H2,1-2H3,(H,23,25). The van der Waals surface area contributed by atoms with E-state index < -0.39 is 19.9 Å². The molecule has 0 spiro atoms. The minimum atomic E-state index is -3.35. The Hall–Kier alpha value is -2.23. The average Bonchev–Trinajstić information content (AvgIpc) is 2.74. The summed E-state index contributed by atoms with van der Waals surface area (Å²) in [7, 11) is -6.62. The highest BCUT2D eigenvalue weighted by Gasteiger charge is 2.24. The molecule has 3 rings (SSSR count). The van der Waals surface area contributed by atoms with Gasteiger partial charge in [0.1, 0.15) is 0 Å². The van der Waals surface area contributed by atoms with Crippen molar-refractivity contribution < 1.29 is 21.6 Å². The maximum absolute atomic E-state index is 12.6. The maximum Gasteiger partial charge on any atom is 0.251 e. The molecule has 0 aromatic heterocycles. The van der Waals surface area contributed by atoms with E-state index in [0.29, 0.717) is 24.2 Å². The normalized spacial score (nSPS) is 16.6. The number of carbonyl (C=O) groups is 1. The van der Waals surface area contributed by atoms with Gasteiger partial charge in [0.2, 0.25) is 10.0 Å². The monoisotopic (exact) mass is 464 g/mol. The molecular weight excluding hydrogens is 436 g/mol. The fourth-order valence-electron chi connectivity index (χ4n) is 3.56. The van der Waals surface area contributed by atoms with E-state index >= 15 is 0 Å². The van der Waals surface area contributed by atoms with Gasteiger partial charge in [0.05, 0.1) is 16.7 Å². The lowest BCUT2D eigenvalue weighted by molar-refractivity contribution is 0.0940. The van der Waals surface area contributed by atoms with Crippen molar-refractivity contribution in [2.75, 3.05) is 19.3 Å². The fraction of sp³-hybridized carbons (Fsp3) is 0.409. The molecule has 1 aliphatic rings. The predicted molar refractivity (Wildman–Crippen MR) is 120 cm³/mol. The summed E-state index contributed by atoms with van der Waals surface area (Å²) in [6.07, 6.45) is 4.01. The zero-order valence-corrected chi connectivity index (χ0v) is 19.4. The zero-order chi connectivity index (χ0) is 22.6. The van der Waals surface area contributed by atoms with Crippen LogP contribution in [0, 0.1) is 0 Å². The largest absolute Gasteiger partial charge is 0.346 e. The van der Waals surface area contributed by atoms with Gasteiger partial charge in [-0.25, -0.2) is 21.1 Å². The Labute approximate surface area is 184 Å². The number of carbonyl (C=O) groups excluding carboxylic acids is 1. The molecule has 1 fully saturated rings. The van der Waals surface area contributed by atoms with Crippen LogP contribution >= 0.6 is 0 Å². The van der Waals surface area contributed by atoms with Gasteiger partial charge in [-0.1, -0.05) is 30.7 Å². The number of hydrogen-bond donors (Lipinski definition) is 1. The van der Waals surface area contributed by atoms with E-state index in [0.717, 1.165) is 31.1 Å². The molecule has 1 unspecified atom stereocenters. The molecule has 0 radical (unpaired) electrons. The molecule has 1 amide bonds. The number of nitrogens with zero attached hydrogens (tertiary/aromatic N) is 1. The van der Waals surface area contributed by atoms with Crippen molar-refractivity contribution in [1.82, 2.24) is 9.62 Å². The molecule has 1 atom stereocenters. The van der Waals surface area contributed by atoms with Gasteiger partial charge >= 0.3 is 0 Å². The maximum atomic E-state index is 12.6. The van der Waals surface area contributed by atoms with E-state index in [4.69, 9.17) is 0 Å². The van der Waals surface area contributed by atoms with Gasteiger partial charge < -0.3 is 5.32 Å². The Morgan fingerprint density at radius 1 is 0.935 bits per heavy atom. The van der Waals surface area contributed by atoms with Crippen LogP contribution in [-0.2, 0) is 25.6 Å². The van der Waals surface area contributed by atoms with E-state index in [9.17, 15) is 21.6 Å². The fourth-order valence-corrected chi connectivity index (χ4v) is 5.81. The van der Waals surface area contributed by atoms with Crippen molar-refractivity contribution in [2.24, 2.45) is 0 Å². The molecule has 0 aliphatic carbocycles. The smallest absolute Gasteiger partial charge is 0.251 e. The third-order valence-electron chi connectivity index (χ3n) is 5.43. The number of benzene rings is 2. The predicted octanol–water partition coefficient (Wildman–Crippen LogP) is 2.90. The van der Waals surface area contributed by atoms with Gasteiger partial charge in [-0.05, 0) is 55.2 Å². The molecule has 0 bridgehead atoms. The Kier molecular flexibility index (Phi) is 7.18. The molecule has 2 aromatic carbocycles. The summed E-state index contributed by atoms with van der Waals surface area (Å²) in [5.74, 6) is -0.358. The molecule has 31 heavy (non-hydrogen) atoms. The second-order valence-electron chi connectivity index (χ2n) is 7.95. The summed E-state index contributed by atoms with van der Waals surface area (Å²) >= 11 is 0. The number of sulfone groups is 1. The molecule has 9 heteroatoms. The van der Waals surface area contributed by atoms with Crippen molar-refractivity contribution in [1.29, 1.82) is 0 Å². The summed E-state index contributed by atoms with van der Waals surface area (Å²) < 4.78 is 49.8. The van der Waals surface area contributed by atoms with Gasteiger partial charge in [-0.2, -0.15) is 0 Å². The quantitative estimate of drug-likeness (QED) is 0.679. The van der Waals surface area contributed by atoms with Crippen molar-refractivity contribution in [3.63, 3.8) is 0 Å². The number of rotatable bonds is 7. The Morgan fingerprint density at radius 2 is 1.52 bits per heavy atom. The second kappa shape index (κ2) is 9.50. The highest BCUT2D eigenvalue weighted by Crippen LogP contribution is 2.19. The van der Waals surface area contributed by atoms with Crippen LogP contribution in [0.15, 0.2) is 53.4 Å². The molecule has 2 aromatic rings. The van der Waals surface area contributed by atoms with Gasteiger partial charge in [0.25, 0.3) is 5.91 Å². The molecular formula is C22H28N2O5S2. The number of sulfonamides is 1. The Morgan fingerprint density at radius 3 is 2.06 bits per heavy atom. The minimum Gasteiger partial charge on any atom is -0.346 e. The summed E-state index contributed by atoms with van der Waals surface area (Å²) in [5, 5.41) is 2.88. The Balaban J connectivity index is 1.62. The van der Waals surface area contributed by atoms with Gasteiger partial charge in [0, 0.05) is 24.9 Å². The van der Waals surface area contributed by atoms with Crippen LogP contribution in [0.5, 0.6) is 0 Å². The van der Waals surface area contributed by atoms with Crippen molar-refractivity contribution >= 4 is 25.8 Å². The van der Waals surface area contributed by atoms with Crippen LogP contribution in [0.2, 0.25) is 0 Å². The van der Waals surface area contributed by atoms with Crippen LogP contribution in [0.3, 0.4) is 0 Å². The van der Waals surface area contributed by atoms with Crippen LogP contribution in [0.1, 0.15) is 53.7 Å². The van der Waals surface area contributed by atoms with Crippen molar-refractivity contribution in [2.45, 2.75) is 42.9 Å². The van der Waals surface area contributed by atoms with Crippen LogP contribution in [0.25, 0.3) is 0 Å². The Bertz CT molecular complexity index is 1120. The van der Waals surface area contributed by atoms with E-state index in [-0.39, 0.29) is 22.6 Å². The summed E-state index contributed by atoms with van der Waals surface area (Å²) in [6.45, 7) is 2.96. The third kappa shape index (κ3) is 6.15. The second-order valence-corrected chi connectivity index (χ2v) is 11.9. The molecule has 1 aliphatic heterocycles. The molecule has 0 saturated carbocycles. The summed E-state index contributed by atoms with van der Waals surface area (Å²) in [4.78, 5) is 12.8. The van der Waals surface area contributed by atoms with Crippen molar-refractivity contribution in [3.8, 4) is 0 Å². The first-order valence-corrected chi connectivity index (χ1v) is 13.7. The molecule has 1 saturated heterocycles. The van der Waals surface area contributed by atoms with Gasteiger partial charge in [-0.3, -0.25) is 4.79 Å². The topological polar surface area (TPSA) is 101 Å². The zero-order valence-electron chi connectivity index (χ0n) is 17.7. The van der Waals surface area contributed by atoms with Crippen LogP contribution < -0.4 is 5.32 Å². The summed E-state index contributed by atoms with van der Waals surface area (Å²) in [6, 6.07) is 12.7. The van der Waals surface area contributed by atoms with Crippen LogP contribution in [-0.4, -0.2) is 46.4 Å². The van der Waals surface area contributed by atoms with E-state index in [2.05, 4.69) is 5.32 Å². The lowest BCUT2D eigenvalue weighted by atomic mass is 10.1. The van der Waals surface area contributed by atoms with E-state index in [1.165, 1.54) is 12.1 Å². The first-order valence-electron chi connectivity index (χ1n) is 10.2. The number of amides is 1. The lowest BCUT2D eigenvalue weighted by Gasteiger charge is -2.25. The average molecular weight is 465 g/mol. The van der Waals surface area contributed by atoms with Gasteiger partial charge in [0.15, 0.2) is 9.84 Å². The van der Waals surface area contributed by atoms with E-state index in [1.807, 2.05) is 6.92 Å². The first-order chi connectivity index (χ1) is 14.6. The van der Waals surface area contributed by atoms with E-state index in [1.54, 1.807) is 40.7 Å². The molecule has 1 N–H and O–H groups in total. The highest BCUT2D eigenvalue weighted by molar-refractivity contribution is 7.90. The lowest BCUT2D eigenvalue weighted by Crippen LogP contribution is -2.36. The third-order valence-corrected chi connectivity index (χ3v) is 8.41. The first kappa shape index (κ1) is 23.4. The number of nitrogens with one attached hydrogen (secondary N) is 1. The molecule has 1 heterocycles. The number of piperidine rings is 1. The molecule has 168 valence electrons. The summed E-state index contributed by atoms with van der Waals surface area (Å²) in [5.41, 5.74) is 1.86. The number of hydrogen-bond acceptors (Lipinski definition) is 5. The SMILES string of the molecule is CC(NC(=O)c1ccc(CS(=O)(=O)N2CCCCC2)cc1)c1ccc(S(C)(=O)=O)cc1.